The van der Waals surface area contributed by atoms with Crippen LogP contribution in [-0.2, 0) is 11.2 Å². The molecule has 24 heavy (non-hydrogen) atoms. The number of likely N-dealkylation sites (tertiary alicyclic amines) is 1. The molecule has 1 saturated heterocycles. The van der Waals surface area contributed by atoms with E-state index in [0.29, 0.717) is 22.5 Å². The molecular formula is C19H24Cl2N2O. The van der Waals surface area contributed by atoms with Crippen LogP contribution < -0.4 is 0 Å². The van der Waals surface area contributed by atoms with Crippen LogP contribution in [0.15, 0.2) is 30.4 Å². The van der Waals surface area contributed by atoms with Crippen molar-refractivity contribution in [2.75, 3.05) is 26.2 Å². The summed E-state index contributed by atoms with van der Waals surface area (Å²) in [5.74, 6) is 0.200. The highest BCUT2D eigenvalue weighted by Gasteiger charge is 2.28. The van der Waals surface area contributed by atoms with Crippen LogP contribution >= 0.6 is 23.2 Å². The number of hydrogen-bond acceptors (Lipinski definition) is 2. The minimum absolute atomic E-state index is 0.200. The van der Waals surface area contributed by atoms with Crippen molar-refractivity contribution in [1.29, 1.82) is 0 Å². The second-order valence-electron chi connectivity index (χ2n) is 6.68. The molecule has 0 spiro atoms. The van der Waals surface area contributed by atoms with E-state index >= 15 is 0 Å². The summed E-state index contributed by atoms with van der Waals surface area (Å²) >= 11 is 12.0. The summed E-state index contributed by atoms with van der Waals surface area (Å²) in [4.78, 5) is 17.4. The van der Waals surface area contributed by atoms with Gasteiger partial charge in [-0.05, 0) is 43.4 Å². The maximum absolute atomic E-state index is 12.8. The van der Waals surface area contributed by atoms with Gasteiger partial charge in [-0.25, -0.2) is 0 Å². The number of piperidine rings is 1. The van der Waals surface area contributed by atoms with Crippen LogP contribution in [0.3, 0.4) is 0 Å². The molecule has 0 saturated carbocycles. The van der Waals surface area contributed by atoms with Gasteiger partial charge in [0.2, 0.25) is 5.91 Å². The minimum Gasteiger partial charge on any atom is -0.338 e. The molecule has 3 rings (SSSR count). The smallest absolute Gasteiger partial charge is 0.227 e. The summed E-state index contributed by atoms with van der Waals surface area (Å²) in [6.07, 6.45) is 9.40. The van der Waals surface area contributed by atoms with E-state index in [2.05, 4.69) is 22.0 Å². The van der Waals surface area contributed by atoms with E-state index in [-0.39, 0.29) is 5.91 Å². The van der Waals surface area contributed by atoms with Gasteiger partial charge in [-0.2, -0.15) is 0 Å². The summed E-state index contributed by atoms with van der Waals surface area (Å²) in [7, 11) is 0. The molecule has 1 aromatic rings. The van der Waals surface area contributed by atoms with Gasteiger partial charge in [-0.1, -0.05) is 41.4 Å². The van der Waals surface area contributed by atoms with Gasteiger partial charge < -0.3 is 4.90 Å². The fraction of sp³-hybridized carbons (Fsp3) is 0.526. The van der Waals surface area contributed by atoms with Gasteiger partial charge in [0.25, 0.3) is 0 Å². The average Bonchev–Trinajstić information content (AvgIpc) is 2.59. The van der Waals surface area contributed by atoms with E-state index in [1.54, 1.807) is 12.1 Å². The van der Waals surface area contributed by atoms with Crippen LogP contribution in [0.5, 0.6) is 0 Å². The van der Waals surface area contributed by atoms with Gasteiger partial charge in [0.05, 0.1) is 16.5 Å². The van der Waals surface area contributed by atoms with Crippen LogP contribution in [0.2, 0.25) is 10.0 Å². The van der Waals surface area contributed by atoms with Crippen molar-refractivity contribution in [2.24, 2.45) is 0 Å². The third-order valence-corrected chi connectivity index (χ3v) is 5.64. The molecule has 1 fully saturated rings. The van der Waals surface area contributed by atoms with E-state index in [1.165, 1.54) is 6.42 Å². The summed E-state index contributed by atoms with van der Waals surface area (Å²) < 4.78 is 0. The molecule has 0 aromatic heterocycles. The second kappa shape index (κ2) is 8.37. The molecule has 1 aromatic carbocycles. The van der Waals surface area contributed by atoms with Crippen LogP contribution in [0.4, 0.5) is 0 Å². The molecule has 5 heteroatoms. The van der Waals surface area contributed by atoms with Crippen molar-refractivity contribution < 1.29 is 4.79 Å². The lowest BCUT2D eigenvalue weighted by Crippen LogP contribution is -2.50. The predicted octanol–water partition coefficient (Wildman–Crippen LogP) is 4.18. The quantitative estimate of drug-likeness (QED) is 0.746. The minimum atomic E-state index is 0.200. The van der Waals surface area contributed by atoms with Crippen molar-refractivity contribution in [2.45, 2.75) is 38.1 Å². The van der Waals surface area contributed by atoms with Crippen molar-refractivity contribution in [1.82, 2.24) is 9.80 Å². The Morgan fingerprint density at radius 2 is 2.00 bits per heavy atom. The first-order chi connectivity index (χ1) is 11.6. The van der Waals surface area contributed by atoms with Crippen LogP contribution in [0.25, 0.3) is 0 Å². The lowest BCUT2D eigenvalue weighted by atomic mass is 9.99. The number of halogens is 2. The van der Waals surface area contributed by atoms with Crippen molar-refractivity contribution in [3.8, 4) is 0 Å². The molecule has 0 radical (unpaired) electrons. The average molecular weight is 367 g/mol. The van der Waals surface area contributed by atoms with Gasteiger partial charge in [0.1, 0.15) is 0 Å². The second-order valence-corrected chi connectivity index (χ2v) is 7.50. The first-order valence-corrected chi connectivity index (χ1v) is 9.50. The van der Waals surface area contributed by atoms with E-state index in [0.717, 1.165) is 51.0 Å². The van der Waals surface area contributed by atoms with E-state index in [1.807, 2.05) is 6.07 Å². The van der Waals surface area contributed by atoms with Crippen LogP contribution in [0.1, 0.15) is 31.2 Å². The summed E-state index contributed by atoms with van der Waals surface area (Å²) in [6.45, 7) is 3.96. The van der Waals surface area contributed by atoms with E-state index in [9.17, 15) is 4.79 Å². The maximum Gasteiger partial charge on any atom is 0.227 e. The summed E-state index contributed by atoms with van der Waals surface area (Å²) in [5.41, 5.74) is 0.930. The lowest BCUT2D eigenvalue weighted by Gasteiger charge is -2.39. The van der Waals surface area contributed by atoms with Crippen molar-refractivity contribution in [3.05, 3.63) is 46.0 Å². The Kier molecular flexibility index (Phi) is 6.20. The molecule has 1 unspecified atom stereocenters. The highest BCUT2D eigenvalue weighted by atomic mass is 35.5. The molecule has 1 atom stereocenters. The number of hydrogen-bond donors (Lipinski definition) is 0. The largest absolute Gasteiger partial charge is 0.338 e. The SMILES string of the molecule is O=C(Cc1ccc(Cl)c(Cl)c1)N1CCCCC1CN1CC=CCC1. The Hall–Kier alpha value is -1.03. The van der Waals surface area contributed by atoms with E-state index < -0.39 is 0 Å². The molecule has 130 valence electrons. The highest BCUT2D eigenvalue weighted by Crippen LogP contribution is 2.24. The zero-order valence-corrected chi connectivity index (χ0v) is 15.4. The Balaban J connectivity index is 1.64. The van der Waals surface area contributed by atoms with Gasteiger partial charge in [0.15, 0.2) is 0 Å². The standard InChI is InChI=1S/C19H24Cl2N2O/c20-17-8-7-15(12-18(17)21)13-19(24)23-11-5-2-6-16(23)14-22-9-3-1-4-10-22/h1,3,7-8,12,16H,2,4-6,9-11,13-14H2. The first-order valence-electron chi connectivity index (χ1n) is 8.74. The number of carbonyl (C=O) groups is 1. The molecular weight excluding hydrogens is 343 g/mol. The van der Waals surface area contributed by atoms with E-state index in [4.69, 9.17) is 23.2 Å². The topological polar surface area (TPSA) is 23.6 Å². The Labute approximate surface area is 154 Å². The number of rotatable bonds is 4. The highest BCUT2D eigenvalue weighted by molar-refractivity contribution is 6.42. The lowest BCUT2D eigenvalue weighted by molar-refractivity contribution is -0.134. The third-order valence-electron chi connectivity index (χ3n) is 4.90. The zero-order valence-electron chi connectivity index (χ0n) is 13.9. The van der Waals surface area contributed by atoms with Crippen molar-refractivity contribution in [3.63, 3.8) is 0 Å². The molecule has 1 amide bonds. The van der Waals surface area contributed by atoms with Gasteiger partial charge in [-0.15, -0.1) is 0 Å². The Morgan fingerprint density at radius 3 is 2.75 bits per heavy atom. The molecule has 2 heterocycles. The first kappa shape index (κ1) is 17.8. The fourth-order valence-electron chi connectivity index (χ4n) is 3.60. The number of amides is 1. The van der Waals surface area contributed by atoms with Crippen LogP contribution in [-0.4, -0.2) is 47.9 Å². The maximum atomic E-state index is 12.8. The van der Waals surface area contributed by atoms with Gasteiger partial charge >= 0.3 is 0 Å². The third kappa shape index (κ3) is 4.53. The molecule has 2 aliphatic heterocycles. The Morgan fingerprint density at radius 1 is 1.12 bits per heavy atom. The molecule has 0 aliphatic carbocycles. The summed E-state index contributed by atoms with van der Waals surface area (Å²) in [6, 6.07) is 5.79. The molecule has 3 nitrogen and oxygen atoms in total. The fourth-order valence-corrected chi connectivity index (χ4v) is 3.92. The molecule has 0 N–H and O–H groups in total. The van der Waals surface area contributed by atoms with Gasteiger partial charge in [0, 0.05) is 32.2 Å². The van der Waals surface area contributed by atoms with Crippen LogP contribution in [0, 0.1) is 0 Å². The normalized spacial score (nSPS) is 21.9. The van der Waals surface area contributed by atoms with Gasteiger partial charge in [-0.3, -0.25) is 9.69 Å². The van der Waals surface area contributed by atoms with Crippen molar-refractivity contribution >= 4 is 29.1 Å². The number of benzene rings is 1. The summed E-state index contributed by atoms with van der Waals surface area (Å²) in [5, 5.41) is 1.04. The molecule has 0 bridgehead atoms. The molecule has 2 aliphatic rings. The number of nitrogens with zero attached hydrogens (tertiary/aromatic N) is 2. The monoisotopic (exact) mass is 366 g/mol. The Bertz CT molecular complexity index is 617. The number of carbonyl (C=O) groups excluding carboxylic acids is 1. The zero-order chi connectivity index (χ0) is 16.9. The predicted molar refractivity (Wildman–Crippen MR) is 99.7 cm³/mol.